The predicted molar refractivity (Wildman–Crippen MR) is 200 cm³/mol. The van der Waals surface area contributed by atoms with Gasteiger partial charge >= 0.3 is 0 Å². The standard InChI is InChI=1S/C40H48BrNO6Si/c1-6-26(21-27-22-29(41)18-20-34(27)44)17-19-35(45)36-28(23-32-37(33(36)24-43)39(47)42(5)38(32)46)25-48-49(40(2,3)4,30-13-9-7-10-14-30)31-15-11-8-12-16-31/h7-16,18,20-22,32-33,35,37,43-45H,6,17,19,23-25H2,1-5H3/b26-21+/t32-,33+,35-,37-/m1/s1. The number of amides is 2. The van der Waals surface area contributed by atoms with Crippen LogP contribution >= 0.6 is 15.9 Å². The highest BCUT2D eigenvalue weighted by molar-refractivity contribution is 9.10. The first-order valence-electron chi connectivity index (χ1n) is 17.1. The number of nitrogens with zero attached hydrogens (tertiary/aromatic N) is 1. The number of hydrogen-bond acceptors (Lipinski definition) is 6. The molecule has 9 heteroatoms. The molecule has 3 aromatic rings. The average Bonchev–Trinajstić information content (AvgIpc) is 3.31. The molecular weight excluding hydrogens is 698 g/mol. The van der Waals surface area contributed by atoms with Gasteiger partial charge < -0.3 is 19.7 Å². The van der Waals surface area contributed by atoms with Gasteiger partial charge in [0.15, 0.2) is 0 Å². The van der Waals surface area contributed by atoms with Crippen molar-refractivity contribution >= 4 is 52.5 Å². The van der Waals surface area contributed by atoms with E-state index >= 15 is 0 Å². The monoisotopic (exact) mass is 745 g/mol. The Morgan fingerprint density at radius 3 is 2.18 bits per heavy atom. The van der Waals surface area contributed by atoms with E-state index in [4.69, 9.17) is 4.43 Å². The van der Waals surface area contributed by atoms with E-state index < -0.39 is 32.2 Å². The highest BCUT2D eigenvalue weighted by Crippen LogP contribution is 2.47. The third kappa shape index (κ3) is 7.28. The molecule has 49 heavy (non-hydrogen) atoms. The fourth-order valence-electron chi connectivity index (χ4n) is 7.90. The van der Waals surface area contributed by atoms with Crippen LogP contribution in [0.15, 0.2) is 100 Å². The zero-order chi connectivity index (χ0) is 35.5. The van der Waals surface area contributed by atoms with Crippen LogP contribution in [0.5, 0.6) is 5.75 Å². The van der Waals surface area contributed by atoms with E-state index in [1.165, 1.54) is 11.9 Å². The highest BCUT2D eigenvalue weighted by Gasteiger charge is 2.55. The van der Waals surface area contributed by atoms with E-state index in [2.05, 4.69) is 61.0 Å². The van der Waals surface area contributed by atoms with Crippen molar-refractivity contribution < 1.29 is 29.3 Å². The van der Waals surface area contributed by atoms with Gasteiger partial charge in [0.1, 0.15) is 5.75 Å². The Morgan fingerprint density at radius 2 is 1.63 bits per heavy atom. The Hall–Kier alpha value is -3.34. The van der Waals surface area contributed by atoms with Gasteiger partial charge in [0.25, 0.3) is 8.32 Å². The Kier molecular flexibility index (Phi) is 11.5. The van der Waals surface area contributed by atoms with Gasteiger partial charge in [-0.1, -0.05) is 116 Å². The van der Waals surface area contributed by atoms with Crippen LogP contribution in [0.4, 0.5) is 0 Å². The van der Waals surface area contributed by atoms with Crippen molar-refractivity contribution in [2.75, 3.05) is 20.3 Å². The average molecular weight is 747 g/mol. The van der Waals surface area contributed by atoms with Crippen LogP contribution in [0.3, 0.4) is 0 Å². The van der Waals surface area contributed by atoms with Crippen LogP contribution < -0.4 is 10.4 Å². The van der Waals surface area contributed by atoms with E-state index in [1.807, 2.05) is 55.5 Å². The number of hydrogen-bond donors (Lipinski definition) is 3. The summed E-state index contributed by atoms with van der Waals surface area (Å²) in [6, 6.07) is 25.9. The molecule has 5 rings (SSSR count). The summed E-state index contributed by atoms with van der Waals surface area (Å²) >= 11 is 3.48. The number of aliphatic hydroxyl groups excluding tert-OH is 2. The van der Waals surface area contributed by atoms with Crippen molar-refractivity contribution in [3.05, 3.63) is 106 Å². The van der Waals surface area contributed by atoms with Gasteiger partial charge in [-0.3, -0.25) is 14.5 Å². The molecule has 1 aliphatic heterocycles. The van der Waals surface area contributed by atoms with Crippen LogP contribution in [0.2, 0.25) is 5.04 Å². The van der Waals surface area contributed by atoms with Gasteiger partial charge in [-0.25, -0.2) is 0 Å². The van der Waals surface area contributed by atoms with Crippen molar-refractivity contribution in [3.63, 3.8) is 0 Å². The van der Waals surface area contributed by atoms with Crippen molar-refractivity contribution in [1.82, 2.24) is 4.90 Å². The summed E-state index contributed by atoms with van der Waals surface area (Å²) in [6.45, 7) is 8.43. The summed E-state index contributed by atoms with van der Waals surface area (Å²) in [4.78, 5) is 28.0. The third-order valence-electron chi connectivity index (χ3n) is 10.4. The van der Waals surface area contributed by atoms with Gasteiger partial charge in [0, 0.05) is 23.0 Å². The van der Waals surface area contributed by atoms with Gasteiger partial charge in [0.2, 0.25) is 11.8 Å². The maximum absolute atomic E-state index is 13.4. The summed E-state index contributed by atoms with van der Waals surface area (Å²) in [5, 5.41) is 35.2. The molecule has 4 atom stereocenters. The molecule has 3 N–H and O–H groups in total. The van der Waals surface area contributed by atoms with E-state index in [-0.39, 0.29) is 42.2 Å². The molecule has 0 unspecified atom stereocenters. The third-order valence-corrected chi connectivity index (χ3v) is 15.9. The predicted octanol–water partition coefficient (Wildman–Crippen LogP) is 6.21. The Morgan fingerprint density at radius 1 is 1.02 bits per heavy atom. The molecule has 2 amide bonds. The number of phenolic OH excluding ortho intramolecular Hbond substituents is 1. The highest BCUT2D eigenvalue weighted by atomic mass is 79.9. The van der Waals surface area contributed by atoms with Gasteiger partial charge in [-0.05, 0) is 70.4 Å². The second-order valence-corrected chi connectivity index (χ2v) is 19.5. The Balaban J connectivity index is 1.57. The number of allylic oxidation sites excluding steroid dienone is 1. The quantitative estimate of drug-likeness (QED) is 0.116. The van der Waals surface area contributed by atoms with Crippen LogP contribution in [-0.2, 0) is 14.0 Å². The number of aliphatic hydroxyl groups is 2. The van der Waals surface area contributed by atoms with Gasteiger partial charge in [0.05, 0.1) is 31.2 Å². The molecule has 1 saturated heterocycles. The SMILES string of the molecule is CC/C(=C\c1cc(Br)ccc1O)CC[C@@H](O)C1=C(CO[Si](c2ccccc2)(c2ccccc2)C(C)(C)C)C[C@H]2C(=O)N(C)C(=O)[C@H]2[C@H]1CO. The minimum absolute atomic E-state index is 0.160. The topological polar surface area (TPSA) is 107 Å². The van der Waals surface area contributed by atoms with E-state index in [1.54, 1.807) is 12.1 Å². The maximum Gasteiger partial charge on any atom is 0.261 e. The first kappa shape index (κ1) is 36.9. The van der Waals surface area contributed by atoms with Crippen LogP contribution in [0.1, 0.15) is 58.9 Å². The number of carbonyl (C=O) groups excluding carboxylic acids is 2. The minimum Gasteiger partial charge on any atom is -0.507 e. The molecule has 2 aliphatic rings. The van der Waals surface area contributed by atoms with Crippen LogP contribution in [0.25, 0.3) is 6.08 Å². The van der Waals surface area contributed by atoms with Gasteiger partial charge in [-0.2, -0.15) is 0 Å². The summed E-state index contributed by atoms with van der Waals surface area (Å²) in [5.74, 6) is -2.46. The Labute approximate surface area is 299 Å². The molecule has 1 aliphatic carbocycles. The normalized spacial score (nSPS) is 20.9. The van der Waals surface area contributed by atoms with Crippen molar-refractivity contribution in [1.29, 1.82) is 0 Å². The smallest absolute Gasteiger partial charge is 0.261 e. The lowest BCUT2D eigenvalue weighted by molar-refractivity contribution is -0.138. The van der Waals surface area contributed by atoms with Crippen LogP contribution in [0, 0.1) is 17.8 Å². The largest absolute Gasteiger partial charge is 0.507 e. The molecule has 0 saturated carbocycles. The molecule has 0 radical (unpaired) electrons. The Bertz CT molecular complexity index is 1680. The zero-order valence-electron chi connectivity index (χ0n) is 29.0. The second kappa shape index (κ2) is 15.3. The number of carbonyl (C=O) groups is 2. The lowest BCUT2D eigenvalue weighted by Gasteiger charge is -2.44. The fraction of sp³-hybridized carbons (Fsp3) is 0.400. The van der Waals surface area contributed by atoms with Gasteiger partial charge in [-0.15, -0.1) is 0 Å². The van der Waals surface area contributed by atoms with Crippen LogP contribution in [-0.4, -0.2) is 66.7 Å². The molecular formula is C40H48BrNO6Si. The maximum atomic E-state index is 13.4. The molecule has 7 nitrogen and oxygen atoms in total. The first-order valence-corrected chi connectivity index (χ1v) is 19.8. The number of rotatable bonds is 12. The summed E-state index contributed by atoms with van der Waals surface area (Å²) in [5.41, 5.74) is 3.12. The number of fused-ring (bicyclic) bond motifs is 1. The molecule has 0 bridgehead atoms. The summed E-state index contributed by atoms with van der Waals surface area (Å²) < 4.78 is 8.15. The molecule has 0 aromatic heterocycles. The summed E-state index contributed by atoms with van der Waals surface area (Å²) in [6.07, 6.45) is 2.85. The van der Waals surface area contributed by atoms with Crippen molar-refractivity contribution in [2.45, 2.75) is 64.5 Å². The zero-order valence-corrected chi connectivity index (χ0v) is 31.6. The number of benzene rings is 3. The first-order chi connectivity index (χ1) is 23.3. The van der Waals surface area contributed by atoms with E-state index in [0.717, 1.165) is 26.0 Å². The van der Waals surface area contributed by atoms with Crippen molar-refractivity contribution in [3.8, 4) is 5.75 Å². The van der Waals surface area contributed by atoms with E-state index in [0.29, 0.717) is 30.4 Å². The second-order valence-electron chi connectivity index (χ2n) is 14.3. The molecule has 1 fully saturated rings. The summed E-state index contributed by atoms with van der Waals surface area (Å²) in [7, 11) is -1.48. The molecule has 260 valence electrons. The molecule has 1 heterocycles. The number of phenols is 1. The number of halogens is 1. The minimum atomic E-state index is -2.98. The van der Waals surface area contributed by atoms with E-state index in [9.17, 15) is 24.9 Å². The fourth-order valence-corrected chi connectivity index (χ4v) is 12.8. The number of aromatic hydroxyl groups is 1. The lowest BCUT2D eigenvalue weighted by Crippen LogP contribution is -2.66. The molecule has 0 spiro atoms. The van der Waals surface area contributed by atoms with Crippen molar-refractivity contribution in [2.24, 2.45) is 17.8 Å². The lowest BCUT2D eigenvalue weighted by atomic mass is 9.68. The molecule has 3 aromatic carbocycles. The number of likely N-dealkylation sites (tertiary alicyclic amines) is 1. The number of imide groups is 1.